The fraction of sp³-hybridized carbons (Fsp3) is 0.905. The smallest absolute Gasteiger partial charge is 0.408 e. The van der Waals surface area contributed by atoms with E-state index in [9.17, 15) is 9.59 Å². The van der Waals surface area contributed by atoms with Gasteiger partial charge in [0.05, 0.1) is 6.10 Å². The van der Waals surface area contributed by atoms with Crippen LogP contribution in [0, 0.1) is 0 Å². The van der Waals surface area contributed by atoms with Gasteiger partial charge in [-0.05, 0) is 53.4 Å². The molecule has 28 heavy (non-hydrogen) atoms. The number of carboxylic acids is 1. The molecule has 0 aromatic heterocycles. The lowest BCUT2D eigenvalue weighted by Gasteiger charge is -2.30. The topological polar surface area (TPSA) is 108 Å². The van der Waals surface area contributed by atoms with Gasteiger partial charge >= 0.3 is 12.1 Å². The van der Waals surface area contributed by atoms with Crippen molar-refractivity contribution >= 4 is 12.1 Å². The molecule has 2 saturated carbocycles. The Kier molecular flexibility index (Phi) is 10.8. The highest BCUT2D eigenvalue weighted by Gasteiger charge is 2.27. The number of amides is 1. The van der Waals surface area contributed by atoms with Crippen LogP contribution in [0.25, 0.3) is 0 Å². The predicted molar refractivity (Wildman–Crippen MR) is 109 cm³/mol. The molecule has 2 atom stereocenters. The lowest BCUT2D eigenvalue weighted by Crippen LogP contribution is -2.49. The summed E-state index contributed by atoms with van der Waals surface area (Å²) in [5.74, 6) is -1.31. The van der Waals surface area contributed by atoms with Gasteiger partial charge in [0.25, 0.3) is 0 Å². The van der Waals surface area contributed by atoms with Crippen LogP contribution in [0.15, 0.2) is 0 Å². The van der Waals surface area contributed by atoms with E-state index in [2.05, 4.69) is 10.6 Å². The molecule has 0 bridgehead atoms. The molecule has 2 aliphatic rings. The van der Waals surface area contributed by atoms with Crippen LogP contribution >= 0.6 is 0 Å². The van der Waals surface area contributed by atoms with Crippen LogP contribution in [-0.4, -0.2) is 52.1 Å². The molecule has 0 spiro atoms. The maximum absolute atomic E-state index is 11.2. The fourth-order valence-corrected chi connectivity index (χ4v) is 3.70. The monoisotopic (exact) mass is 400 g/mol. The zero-order chi connectivity index (χ0) is 21.2. The molecule has 0 unspecified atom stereocenters. The number of aliphatic carboxylic acids is 1. The van der Waals surface area contributed by atoms with Gasteiger partial charge in [-0.25, -0.2) is 9.59 Å². The lowest BCUT2D eigenvalue weighted by molar-refractivity contribution is -0.142. The van der Waals surface area contributed by atoms with Crippen LogP contribution < -0.4 is 10.6 Å². The van der Waals surface area contributed by atoms with Gasteiger partial charge < -0.3 is 25.6 Å². The Morgan fingerprint density at radius 3 is 1.68 bits per heavy atom. The van der Waals surface area contributed by atoms with Crippen LogP contribution in [0.4, 0.5) is 4.79 Å². The molecule has 4 N–H and O–H groups in total. The van der Waals surface area contributed by atoms with Gasteiger partial charge in [-0.15, -0.1) is 0 Å². The van der Waals surface area contributed by atoms with Crippen LogP contribution in [0.3, 0.4) is 0 Å². The quantitative estimate of drug-likeness (QED) is 0.562. The van der Waals surface area contributed by atoms with Gasteiger partial charge in [0.2, 0.25) is 0 Å². The van der Waals surface area contributed by atoms with Gasteiger partial charge in [-0.2, -0.15) is 0 Å². The molecular weight excluding hydrogens is 360 g/mol. The Labute approximate surface area is 169 Å². The third-order valence-electron chi connectivity index (χ3n) is 5.10. The van der Waals surface area contributed by atoms with E-state index in [1.165, 1.54) is 71.1 Å². The molecule has 0 radical (unpaired) electrons. The van der Waals surface area contributed by atoms with E-state index in [4.69, 9.17) is 14.9 Å². The SMILES string of the molecule is C1CCC(NC2CCCCC2)CC1.C[C@@H](O)[C@@H](NC(=O)OC(C)(C)C)C(=O)O. The first-order chi connectivity index (χ1) is 13.1. The van der Waals surface area contributed by atoms with Crippen molar-refractivity contribution < 1.29 is 24.5 Å². The summed E-state index contributed by atoms with van der Waals surface area (Å²) in [7, 11) is 0. The number of carbonyl (C=O) groups excluding carboxylic acids is 1. The first kappa shape index (κ1) is 24.7. The van der Waals surface area contributed by atoms with Crippen molar-refractivity contribution in [3.8, 4) is 0 Å². The molecule has 7 heteroatoms. The molecule has 7 nitrogen and oxygen atoms in total. The fourth-order valence-electron chi connectivity index (χ4n) is 3.70. The molecule has 0 saturated heterocycles. The average molecular weight is 401 g/mol. The molecule has 2 fully saturated rings. The van der Waals surface area contributed by atoms with Crippen molar-refractivity contribution in [1.82, 2.24) is 10.6 Å². The Bertz CT molecular complexity index is 448. The highest BCUT2D eigenvalue weighted by atomic mass is 16.6. The number of nitrogens with one attached hydrogen (secondary N) is 2. The molecule has 0 aromatic carbocycles. The maximum atomic E-state index is 11.2. The van der Waals surface area contributed by atoms with Crippen molar-refractivity contribution in [1.29, 1.82) is 0 Å². The van der Waals surface area contributed by atoms with Gasteiger partial charge in [0, 0.05) is 12.1 Å². The van der Waals surface area contributed by atoms with Crippen molar-refractivity contribution in [2.24, 2.45) is 0 Å². The summed E-state index contributed by atoms with van der Waals surface area (Å²) in [4.78, 5) is 21.8. The summed E-state index contributed by atoms with van der Waals surface area (Å²) >= 11 is 0. The van der Waals surface area contributed by atoms with E-state index in [-0.39, 0.29) is 0 Å². The van der Waals surface area contributed by atoms with E-state index in [0.717, 1.165) is 12.1 Å². The molecule has 0 heterocycles. The van der Waals surface area contributed by atoms with Crippen molar-refractivity contribution in [3.63, 3.8) is 0 Å². The second kappa shape index (κ2) is 12.3. The zero-order valence-corrected chi connectivity index (χ0v) is 18.0. The van der Waals surface area contributed by atoms with Crippen LogP contribution in [-0.2, 0) is 9.53 Å². The van der Waals surface area contributed by atoms with Gasteiger partial charge in [-0.3, -0.25) is 0 Å². The van der Waals surface area contributed by atoms with Crippen LogP contribution in [0.5, 0.6) is 0 Å². The standard InChI is InChI=1S/C12H23N.C9H17NO5/c1-3-7-11(8-4-1)13-12-9-5-2-6-10-12;1-5(11)6(7(12)13)10-8(14)15-9(2,3)4/h11-13H,1-10H2;5-6,11H,1-4H3,(H,10,14)(H,12,13)/t;5-,6-/m.1/s1. The summed E-state index contributed by atoms with van der Waals surface area (Å²) in [6.45, 7) is 6.25. The first-order valence-electron chi connectivity index (χ1n) is 10.7. The van der Waals surface area contributed by atoms with E-state index in [0.29, 0.717) is 0 Å². The molecule has 2 aliphatic carbocycles. The van der Waals surface area contributed by atoms with E-state index in [1.807, 2.05) is 0 Å². The summed E-state index contributed by atoms with van der Waals surface area (Å²) in [6, 6.07) is 0.383. The molecule has 2 rings (SSSR count). The summed E-state index contributed by atoms with van der Waals surface area (Å²) in [5.41, 5.74) is -0.703. The minimum absolute atomic E-state index is 0.703. The minimum atomic E-state index is -1.36. The lowest BCUT2D eigenvalue weighted by atomic mass is 9.91. The third-order valence-corrected chi connectivity index (χ3v) is 5.10. The summed E-state index contributed by atoms with van der Waals surface area (Å²) in [6.07, 6.45) is 12.5. The van der Waals surface area contributed by atoms with Crippen molar-refractivity contribution in [3.05, 3.63) is 0 Å². The third kappa shape index (κ3) is 10.9. The number of carboxylic acid groups (broad SMARTS) is 1. The summed E-state index contributed by atoms with van der Waals surface area (Å²) in [5, 5.41) is 23.7. The number of carbonyl (C=O) groups is 2. The van der Waals surface area contributed by atoms with Gasteiger partial charge in [0.15, 0.2) is 6.04 Å². The normalized spacial score (nSPS) is 21.0. The van der Waals surface area contributed by atoms with Gasteiger partial charge in [-0.1, -0.05) is 38.5 Å². The van der Waals surface area contributed by atoms with Gasteiger partial charge in [0.1, 0.15) is 5.60 Å². The second-order valence-corrected chi connectivity index (χ2v) is 9.04. The Balaban J connectivity index is 0.000000281. The molecule has 0 aliphatic heterocycles. The number of ether oxygens (including phenoxy) is 1. The first-order valence-corrected chi connectivity index (χ1v) is 10.7. The van der Waals surface area contributed by atoms with E-state index < -0.39 is 29.8 Å². The van der Waals surface area contributed by atoms with Crippen LogP contribution in [0.1, 0.15) is 91.9 Å². The Morgan fingerprint density at radius 1 is 0.929 bits per heavy atom. The number of aliphatic hydroxyl groups is 1. The molecule has 164 valence electrons. The molecular formula is C21H40N2O5. The molecule has 1 amide bonds. The Morgan fingerprint density at radius 2 is 1.36 bits per heavy atom. The average Bonchev–Trinajstić information content (AvgIpc) is 2.60. The van der Waals surface area contributed by atoms with Crippen molar-refractivity contribution in [2.75, 3.05) is 0 Å². The molecule has 0 aromatic rings. The minimum Gasteiger partial charge on any atom is -0.480 e. The van der Waals surface area contributed by atoms with Crippen LogP contribution in [0.2, 0.25) is 0 Å². The number of alkyl carbamates (subject to hydrolysis) is 1. The Hall–Kier alpha value is -1.34. The van der Waals surface area contributed by atoms with Crippen molar-refractivity contribution in [2.45, 2.75) is 122 Å². The number of hydrogen-bond donors (Lipinski definition) is 4. The highest BCUT2D eigenvalue weighted by molar-refractivity contribution is 5.80. The number of hydrogen-bond acceptors (Lipinski definition) is 5. The van der Waals surface area contributed by atoms with E-state index >= 15 is 0 Å². The zero-order valence-electron chi connectivity index (χ0n) is 18.0. The largest absolute Gasteiger partial charge is 0.480 e. The second-order valence-electron chi connectivity index (χ2n) is 9.04. The summed E-state index contributed by atoms with van der Waals surface area (Å²) < 4.78 is 4.84. The number of aliphatic hydroxyl groups excluding tert-OH is 1. The highest BCUT2D eigenvalue weighted by Crippen LogP contribution is 2.22. The number of rotatable bonds is 5. The predicted octanol–water partition coefficient (Wildman–Crippen LogP) is 3.59. The maximum Gasteiger partial charge on any atom is 0.408 e. The van der Waals surface area contributed by atoms with E-state index in [1.54, 1.807) is 20.8 Å².